The Labute approximate surface area is 114 Å². The third-order valence-electron chi connectivity index (χ3n) is 4.86. The van der Waals surface area contributed by atoms with E-state index < -0.39 is 5.79 Å². The summed E-state index contributed by atoms with van der Waals surface area (Å²) >= 11 is 0. The number of carbonyl (C=O) groups is 1. The van der Waals surface area contributed by atoms with Crippen molar-refractivity contribution in [1.29, 1.82) is 0 Å². The largest absolute Gasteiger partial charge is 0.459 e. The Bertz CT molecular complexity index is 378. The van der Waals surface area contributed by atoms with Gasteiger partial charge in [-0.2, -0.15) is 0 Å². The zero-order valence-electron chi connectivity index (χ0n) is 12.2. The van der Waals surface area contributed by atoms with Crippen LogP contribution in [-0.4, -0.2) is 23.1 Å². The van der Waals surface area contributed by atoms with Gasteiger partial charge in [0.1, 0.15) is 5.60 Å². The maximum atomic E-state index is 12.2. The standard InChI is InChI=1S/C15H24O4/c1-4-14-15(18-14,19-14)10-11(2)12(16)17-13(3)8-6-5-7-9-13/h11H,4-10H2,1-3H3. The highest BCUT2D eigenvalue weighted by Crippen LogP contribution is 2.71. The highest BCUT2D eigenvalue weighted by atomic mass is 17.0. The number of hydrogen-bond acceptors (Lipinski definition) is 4. The molecule has 0 aromatic carbocycles. The lowest BCUT2D eigenvalue weighted by Crippen LogP contribution is -2.36. The minimum absolute atomic E-state index is 0.102. The van der Waals surface area contributed by atoms with E-state index in [1.54, 1.807) is 0 Å². The van der Waals surface area contributed by atoms with Gasteiger partial charge in [-0.15, -0.1) is 0 Å². The van der Waals surface area contributed by atoms with Crippen molar-refractivity contribution in [3.05, 3.63) is 0 Å². The highest BCUT2D eigenvalue weighted by molar-refractivity contribution is 5.72. The zero-order valence-corrected chi connectivity index (χ0v) is 12.2. The van der Waals surface area contributed by atoms with Crippen molar-refractivity contribution in [2.45, 2.75) is 82.9 Å². The Morgan fingerprint density at radius 1 is 1.21 bits per heavy atom. The fraction of sp³-hybridized carbons (Fsp3) is 0.933. The predicted molar refractivity (Wildman–Crippen MR) is 69.3 cm³/mol. The molecule has 3 aliphatic rings. The van der Waals surface area contributed by atoms with E-state index in [0.717, 1.165) is 32.1 Å². The minimum Gasteiger partial charge on any atom is -0.459 e. The quantitative estimate of drug-likeness (QED) is 0.568. The topological polar surface area (TPSA) is 51.4 Å². The van der Waals surface area contributed by atoms with Crippen molar-refractivity contribution in [2.24, 2.45) is 5.92 Å². The van der Waals surface area contributed by atoms with Gasteiger partial charge in [0.2, 0.25) is 11.6 Å². The molecule has 0 aromatic rings. The minimum atomic E-state index is -0.451. The Morgan fingerprint density at radius 3 is 2.37 bits per heavy atom. The van der Waals surface area contributed by atoms with Crippen LogP contribution in [0.5, 0.6) is 0 Å². The molecule has 0 amide bonds. The second-order valence-corrected chi connectivity index (χ2v) is 6.60. The summed E-state index contributed by atoms with van der Waals surface area (Å²) in [5, 5.41) is 0. The molecule has 3 fully saturated rings. The van der Waals surface area contributed by atoms with E-state index in [-0.39, 0.29) is 23.3 Å². The van der Waals surface area contributed by atoms with Crippen molar-refractivity contribution in [3.8, 4) is 0 Å². The van der Waals surface area contributed by atoms with E-state index in [1.165, 1.54) is 6.42 Å². The number of esters is 1. The average molecular weight is 268 g/mol. The lowest BCUT2D eigenvalue weighted by Gasteiger charge is -2.34. The molecule has 0 radical (unpaired) electrons. The Balaban J connectivity index is 1.50. The van der Waals surface area contributed by atoms with Crippen molar-refractivity contribution in [1.82, 2.24) is 0 Å². The molecule has 2 heterocycles. The van der Waals surface area contributed by atoms with Crippen molar-refractivity contribution in [2.75, 3.05) is 0 Å². The van der Waals surface area contributed by atoms with Crippen LogP contribution < -0.4 is 0 Å². The molecular formula is C15H24O4. The summed E-state index contributed by atoms with van der Waals surface area (Å²) in [4.78, 5) is 12.2. The molecule has 3 rings (SSSR count). The van der Waals surface area contributed by atoms with E-state index in [9.17, 15) is 4.79 Å². The second-order valence-electron chi connectivity index (χ2n) is 6.60. The number of hydrogen-bond donors (Lipinski definition) is 0. The monoisotopic (exact) mass is 268 g/mol. The summed E-state index contributed by atoms with van der Waals surface area (Å²) in [7, 11) is 0. The van der Waals surface area contributed by atoms with E-state index >= 15 is 0 Å². The molecule has 2 saturated heterocycles. The molecular weight excluding hydrogens is 244 g/mol. The van der Waals surface area contributed by atoms with Gasteiger partial charge in [-0.1, -0.05) is 20.3 Å². The Morgan fingerprint density at radius 2 is 1.84 bits per heavy atom. The molecule has 1 saturated carbocycles. The van der Waals surface area contributed by atoms with Gasteiger partial charge in [0, 0.05) is 12.8 Å². The summed E-state index contributed by atoms with van der Waals surface area (Å²) < 4.78 is 16.8. The average Bonchev–Trinajstić information content (AvgIpc) is 3.15. The van der Waals surface area contributed by atoms with Gasteiger partial charge in [0.15, 0.2) is 0 Å². The van der Waals surface area contributed by atoms with Crippen molar-refractivity contribution < 1.29 is 19.0 Å². The Kier molecular flexibility index (Phi) is 2.95. The van der Waals surface area contributed by atoms with Crippen LogP contribution in [0.3, 0.4) is 0 Å². The van der Waals surface area contributed by atoms with Crippen LogP contribution in [0.25, 0.3) is 0 Å². The number of epoxide rings is 2. The molecule has 0 spiro atoms. The molecule has 4 nitrogen and oxygen atoms in total. The van der Waals surface area contributed by atoms with Gasteiger partial charge in [0.05, 0.1) is 5.92 Å². The highest BCUT2D eigenvalue weighted by Gasteiger charge is 2.89. The molecule has 1 unspecified atom stereocenters. The first kappa shape index (κ1) is 13.4. The molecule has 1 atom stereocenters. The van der Waals surface area contributed by atoms with E-state index in [0.29, 0.717) is 6.42 Å². The van der Waals surface area contributed by atoms with Crippen LogP contribution in [0, 0.1) is 5.92 Å². The van der Waals surface area contributed by atoms with E-state index in [1.807, 2.05) is 13.8 Å². The molecule has 0 aromatic heterocycles. The lowest BCUT2D eigenvalue weighted by molar-refractivity contribution is -0.169. The van der Waals surface area contributed by atoms with Crippen LogP contribution in [0.4, 0.5) is 0 Å². The summed E-state index contributed by atoms with van der Waals surface area (Å²) in [5.41, 5.74) is -0.252. The maximum Gasteiger partial charge on any atom is 0.309 e. The smallest absolute Gasteiger partial charge is 0.309 e. The summed E-state index contributed by atoms with van der Waals surface area (Å²) in [5.74, 6) is -1.06. The second kappa shape index (κ2) is 4.19. The molecule has 0 bridgehead atoms. The fourth-order valence-electron chi connectivity index (χ4n) is 3.37. The number of carbonyl (C=O) groups excluding carboxylic acids is 1. The molecule has 2 aliphatic heterocycles. The lowest BCUT2D eigenvalue weighted by atomic mass is 9.86. The number of ether oxygens (including phenoxy) is 3. The van der Waals surface area contributed by atoms with Gasteiger partial charge in [0.25, 0.3) is 0 Å². The molecule has 108 valence electrons. The van der Waals surface area contributed by atoms with Crippen LogP contribution >= 0.6 is 0 Å². The summed E-state index contributed by atoms with van der Waals surface area (Å²) in [6.45, 7) is 6.01. The van der Waals surface area contributed by atoms with Crippen LogP contribution in [0.2, 0.25) is 0 Å². The van der Waals surface area contributed by atoms with Gasteiger partial charge in [-0.05, 0) is 32.6 Å². The third kappa shape index (κ3) is 2.19. The van der Waals surface area contributed by atoms with Crippen LogP contribution in [0.15, 0.2) is 0 Å². The van der Waals surface area contributed by atoms with Gasteiger partial charge in [-0.3, -0.25) is 4.79 Å². The SMILES string of the molecule is CCC12OC1(CC(C)C(=O)OC1(C)CCCCC1)O2. The fourth-order valence-corrected chi connectivity index (χ4v) is 3.37. The first-order valence-corrected chi connectivity index (χ1v) is 7.57. The number of fused-ring (bicyclic) bond motifs is 1. The van der Waals surface area contributed by atoms with Crippen molar-refractivity contribution >= 4 is 5.97 Å². The van der Waals surface area contributed by atoms with Crippen molar-refractivity contribution in [3.63, 3.8) is 0 Å². The van der Waals surface area contributed by atoms with Crippen LogP contribution in [-0.2, 0) is 19.0 Å². The van der Waals surface area contributed by atoms with Gasteiger partial charge < -0.3 is 14.2 Å². The van der Waals surface area contributed by atoms with E-state index in [4.69, 9.17) is 14.2 Å². The van der Waals surface area contributed by atoms with E-state index in [2.05, 4.69) is 6.92 Å². The first-order chi connectivity index (χ1) is 8.94. The first-order valence-electron chi connectivity index (χ1n) is 7.57. The summed E-state index contributed by atoms with van der Waals surface area (Å²) in [6, 6.07) is 0. The summed E-state index contributed by atoms with van der Waals surface area (Å²) in [6.07, 6.45) is 7.03. The zero-order chi connectivity index (χ0) is 13.7. The van der Waals surface area contributed by atoms with Gasteiger partial charge in [-0.25, -0.2) is 0 Å². The third-order valence-corrected chi connectivity index (χ3v) is 4.86. The maximum absolute atomic E-state index is 12.2. The normalized spacial score (nSPS) is 40.2. The van der Waals surface area contributed by atoms with Crippen LogP contribution in [0.1, 0.15) is 65.7 Å². The molecule has 1 aliphatic carbocycles. The predicted octanol–water partition coefficient (Wildman–Crippen LogP) is 3.14. The molecule has 4 heteroatoms. The molecule has 0 N–H and O–H groups in total. The van der Waals surface area contributed by atoms with Gasteiger partial charge >= 0.3 is 5.97 Å². The molecule has 19 heavy (non-hydrogen) atoms. The number of rotatable bonds is 5. The Hall–Kier alpha value is -0.610.